The van der Waals surface area contributed by atoms with Crippen molar-refractivity contribution in [3.8, 4) is 11.8 Å². The zero-order chi connectivity index (χ0) is 20.2. The summed E-state index contributed by atoms with van der Waals surface area (Å²) in [6.07, 6.45) is 1.45. The van der Waals surface area contributed by atoms with E-state index in [2.05, 4.69) is 26.7 Å². The lowest BCUT2D eigenvalue weighted by Crippen LogP contribution is -2.49. The third kappa shape index (κ3) is 4.65. The highest BCUT2D eigenvalue weighted by atomic mass is 35.5. The fourth-order valence-electron chi connectivity index (χ4n) is 3.29. The molecule has 0 saturated carbocycles. The Balaban J connectivity index is 1.35. The second-order valence-electron chi connectivity index (χ2n) is 6.95. The molecular weight excluding hydrogens is 386 g/mol. The number of carbonyl (C=O) groups excluding carboxylic acids is 1. The number of benzene rings is 2. The molecule has 0 bridgehead atoms. The van der Waals surface area contributed by atoms with Gasteiger partial charge in [0.1, 0.15) is 12.1 Å². The first-order valence-corrected chi connectivity index (χ1v) is 9.70. The Labute approximate surface area is 174 Å². The van der Waals surface area contributed by atoms with Crippen LogP contribution in [0.3, 0.4) is 0 Å². The van der Waals surface area contributed by atoms with Crippen LogP contribution in [0.1, 0.15) is 11.1 Å². The van der Waals surface area contributed by atoms with Gasteiger partial charge in [0.25, 0.3) is 0 Å². The Morgan fingerprint density at radius 1 is 1.10 bits per heavy atom. The van der Waals surface area contributed by atoms with E-state index in [1.165, 1.54) is 6.33 Å². The molecule has 0 radical (unpaired) electrons. The molecule has 2 N–H and O–H groups in total. The summed E-state index contributed by atoms with van der Waals surface area (Å²) in [6.45, 7) is 2.96. The van der Waals surface area contributed by atoms with E-state index < -0.39 is 0 Å². The number of rotatable bonds is 3. The van der Waals surface area contributed by atoms with E-state index in [-0.39, 0.29) is 5.91 Å². The number of piperazine rings is 1. The second kappa shape index (κ2) is 8.48. The molecule has 0 atom stereocenters. The average Bonchev–Trinajstić information content (AvgIpc) is 2.72. The Hall–Kier alpha value is -3.14. The van der Waals surface area contributed by atoms with Crippen molar-refractivity contribution in [1.82, 2.24) is 19.8 Å². The number of carbonyl (C=O) groups is 1. The highest BCUT2D eigenvalue weighted by molar-refractivity contribution is 6.30. The lowest BCUT2D eigenvalue weighted by Gasteiger charge is -2.33. The van der Waals surface area contributed by atoms with Crippen molar-refractivity contribution >= 4 is 34.2 Å². The van der Waals surface area contributed by atoms with E-state index in [1.54, 1.807) is 0 Å². The summed E-state index contributed by atoms with van der Waals surface area (Å²) in [5, 5.41) is 1.52. The minimum Gasteiger partial charge on any atom is -0.383 e. The summed E-state index contributed by atoms with van der Waals surface area (Å²) < 4.78 is 0. The summed E-state index contributed by atoms with van der Waals surface area (Å²) in [5.41, 5.74) is 8.61. The molecule has 1 aliphatic rings. The first kappa shape index (κ1) is 19.2. The zero-order valence-electron chi connectivity index (χ0n) is 15.8. The molecule has 6 nitrogen and oxygen atoms in total. The monoisotopic (exact) mass is 405 g/mol. The number of nitrogen functional groups attached to an aromatic ring is 1. The van der Waals surface area contributed by atoms with E-state index >= 15 is 0 Å². The Bertz CT molecular complexity index is 1100. The van der Waals surface area contributed by atoms with Gasteiger partial charge in [0.2, 0.25) is 5.91 Å². The van der Waals surface area contributed by atoms with Crippen LogP contribution < -0.4 is 5.73 Å². The predicted octanol–water partition coefficient (Wildman–Crippen LogP) is 2.56. The number of anilines is 1. The van der Waals surface area contributed by atoms with Crippen LogP contribution in [0.4, 0.5) is 5.82 Å². The summed E-state index contributed by atoms with van der Waals surface area (Å²) in [5.74, 6) is 6.81. The lowest BCUT2D eigenvalue weighted by molar-refractivity contribution is -0.136. The second-order valence-corrected chi connectivity index (χ2v) is 7.38. The molecule has 0 unspecified atom stereocenters. The Morgan fingerprint density at radius 2 is 1.93 bits per heavy atom. The minimum absolute atomic E-state index is 0.104. The first-order chi connectivity index (χ1) is 14.1. The van der Waals surface area contributed by atoms with Gasteiger partial charge >= 0.3 is 0 Å². The van der Waals surface area contributed by atoms with Gasteiger partial charge in [0.15, 0.2) is 0 Å². The summed E-state index contributed by atoms with van der Waals surface area (Å²) >= 11 is 5.88. The number of halogens is 1. The van der Waals surface area contributed by atoms with E-state index in [1.807, 2.05) is 47.4 Å². The number of nitrogens with zero attached hydrogens (tertiary/aromatic N) is 4. The maximum Gasteiger partial charge on any atom is 0.237 e. The van der Waals surface area contributed by atoms with Crippen LogP contribution in [-0.4, -0.2) is 51.9 Å². The molecule has 1 amide bonds. The third-order valence-electron chi connectivity index (χ3n) is 4.88. The molecule has 2 aromatic carbocycles. The summed E-state index contributed by atoms with van der Waals surface area (Å²) in [7, 11) is 0. The molecule has 2 heterocycles. The van der Waals surface area contributed by atoms with E-state index in [9.17, 15) is 4.79 Å². The van der Waals surface area contributed by atoms with Crippen LogP contribution in [0.5, 0.6) is 0 Å². The van der Waals surface area contributed by atoms with Gasteiger partial charge in [-0.15, -0.1) is 0 Å². The number of amides is 1. The smallest absolute Gasteiger partial charge is 0.237 e. The molecule has 1 saturated heterocycles. The highest BCUT2D eigenvalue weighted by Gasteiger charge is 2.23. The van der Waals surface area contributed by atoms with E-state index in [0.717, 1.165) is 28.6 Å². The Morgan fingerprint density at radius 3 is 2.72 bits per heavy atom. The molecular formula is C22H20ClN5O. The van der Waals surface area contributed by atoms with Crippen molar-refractivity contribution in [3.63, 3.8) is 0 Å². The van der Waals surface area contributed by atoms with E-state index in [4.69, 9.17) is 17.3 Å². The van der Waals surface area contributed by atoms with Gasteiger partial charge in [-0.3, -0.25) is 9.69 Å². The standard InChI is InChI=1S/C22H20ClN5O/c23-18-6-3-16(4-7-18)2-1-9-27-10-11-28(21(29)14-27)13-17-5-8-19-20(12-17)25-15-26-22(19)24/h3-8,12,15H,9-11,13-14H2,(H2,24,25,26). The fraction of sp³-hybridized carbons (Fsp3) is 0.227. The van der Waals surface area contributed by atoms with Gasteiger partial charge < -0.3 is 10.6 Å². The van der Waals surface area contributed by atoms with Crippen molar-refractivity contribution < 1.29 is 4.79 Å². The number of hydrogen-bond donors (Lipinski definition) is 1. The van der Waals surface area contributed by atoms with Crippen molar-refractivity contribution in [2.24, 2.45) is 0 Å². The van der Waals surface area contributed by atoms with Crippen LogP contribution in [0.2, 0.25) is 5.02 Å². The maximum absolute atomic E-state index is 12.6. The average molecular weight is 406 g/mol. The van der Waals surface area contributed by atoms with Gasteiger partial charge in [0.05, 0.1) is 18.6 Å². The largest absolute Gasteiger partial charge is 0.383 e. The molecule has 1 aromatic heterocycles. The van der Waals surface area contributed by atoms with Crippen LogP contribution in [-0.2, 0) is 11.3 Å². The minimum atomic E-state index is 0.104. The van der Waals surface area contributed by atoms with E-state index in [0.29, 0.717) is 37.0 Å². The quantitative estimate of drug-likeness (QED) is 0.678. The number of nitrogens with two attached hydrogens (primary N) is 1. The lowest BCUT2D eigenvalue weighted by atomic mass is 10.1. The summed E-state index contributed by atoms with van der Waals surface area (Å²) in [4.78, 5) is 24.8. The molecule has 7 heteroatoms. The van der Waals surface area contributed by atoms with Gasteiger partial charge in [-0.25, -0.2) is 9.97 Å². The summed E-state index contributed by atoms with van der Waals surface area (Å²) in [6, 6.07) is 13.3. The fourth-order valence-corrected chi connectivity index (χ4v) is 3.41. The predicted molar refractivity (Wildman–Crippen MR) is 114 cm³/mol. The van der Waals surface area contributed by atoms with Crippen molar-refractivity contribution in [3.05, 3.63) is 64.9 Å². The van der Waals surface area contributed by atoms with Crippen molar-refractivity contribution in [2.75, 3.05) is 31.9 Å². The van der Waals surface area contributed by atoms with Gasteiger partial charge in [-0.05, 0) is 42.0 Å². The molecule has 1 fully saturated rings. The molecule has 0 aliphatic carbocycles. The molecule has 146 valence electrons. The zero-order valence-corrected chi connectivity index (χ0v) is 16.6. The van der Waals surface area contributed by atoms with Crippen LogP contribution in [0.15, 0.2) is 48.8 Å². The van der Waals surface area contributed by atoms with Crippen molar-refractivity contribution in [1.29, 1.82) is 0 Å². The molecule has 29 heavy (non-hydrogen) atoms. The van der Waals surface area contributed by atoms with Crippen LogP contribution in [0.25, 0.3) is 10.9 Å². The van der Waals surface area contributed by atoms with Gasteiger partial charge in [0, 0.05) is 35.6 Å². The number of hydrogen-bond acceptors (Lipinski definition) is 5. The van der Waals surface area contributed by atoms with Crippen LogP contribution in [0, 0.1) is 11.8 Å². The molecule has 3 aromatic rings. The number of fused-ring (bicyclic) bond motifs is 1. The SMILES string of the molecule is Nc1ncnc2cc(CN3CCN(CC#Cc4ccc(Cl)cc4)CC3=O)ccc12. The number of aromatic nitrogens is 2. The first-order valence-electron chi connectivity index (χ1n) is 9.32. The topological polar surface area (TPSA) is 75.3 Å². The van der Waals surface area contributed by atoms with Gasteiger partial charge in [-0.2, -0.15) is 0 Å². The normalized spacial score (nSPS) is 14.7. The van der Waals surface area contributed by atoms with Gasteiger partial charge in [-0.1, -0.05) is 29.5 Å². The molecule has 0 spiro atoms. The molecule has 1 aliphatic heterocycles. The highest BCUT2D eigenvalue weighted by Crippen LogP contribution is 2.19. The van der Waals surface area contributed by atoms with Crippen LogP contribution >= 0.6 is 11.6 Å². The Kier molecular flexibility index (Phi) is 5.61. The maximum atomic E-state index is 12.6. The van der Waals surface area contributed by atoms with Crippen molar-refractivity contribution in [2.45, 2.75) is 6.54 Å². The third-order valence-corrected chi connectivity index (χ3v) is 5.13. The molecule has 4 rings (SSSR count).